The first-order valence-corrected chi connectivity index (χ1v) is 10.2. The Bertz CT molecular complexity index is 350. The van der Waals surface area contributed by atoms with E-state index in [0.29, 0.717) is 38.9 Å². The van der Waals surface area contributed by atoms with Crippen LogP contribution in [0.5, 0.6) is 0 Å². The van der Waals surface area contributed by atoms with E-state index < -0.39 is 0 Å². The molecule has 146 valence electrons. The summed E-state index contributed by atoms with van der Waals surface area (Å²) >= 11 is 0. The molecule has 0 amide bonds. The summed E-state index contributed by atoms with van der Waals surface area (Å²) < 4.78 is 10.3. The predicted molar refractivity (Wildman–Crippen MR) is 102 cm³/mol. The smallest absolute Gasteiger partial charge is 0.305 e. The van der Waals surface area contributed by atoms with Crippen molar-refractivity contribution in [3.8, 4) is 0 Å². The fourth-order valence-electron chi connectivity index (χ4n) is 2.45. The SMILES string of the molecule is CC/C=C\CCOC(=O)CCCCC(=O)OCCCCCCCCC. The normalized spacial score (nSPS) is 11.0. The van der Waals surface area contributed by atoms with E-state index in [1.165, 1.54) is 32.1 Å². The number of hydrogen-bond donors (Lipinski definition) is 0. The highest BCUT2D eigenvalue weighted by atomic mass is 16.5. The van der Waals surface area contributed by atoms with E-state index in [4.69, 9.17) is 9.47 Å². The van der Waals surface area contributed by atoms with Crippen LogP contribution >= 0.6 is 0 Å². The second-order valence-electron chi connectivity index (χ2n) is 6.44. The predicted octanol–water partition coefficient (Wildman–Crippen LogP) is 5.74. The summed E-state index contributed by atoms with van der Waals surface area (Å²) in [6, 6.07) is 0. The Morgan fingerprint density at radius 3 is 1.84 bits per heavy atom. The molecule has 0 rings (SSSR count). The molecule has 0 aliphatic rings. The quantitative estimate of drug-likeness (QED) is 0.190. The van der Waals surface area contributed by atoms with Gasteiger partial charge in [0.2, 0.25) is 0 Å². The third-order valence-corrected chi connectivity index (χ3v) is 3.97. The molecule has 25 heavy (non-hydrogen) atoms. The van der Waals surface area contributed by atoms with E-state index in [1.54, 1.807) is 0 Å². The van der Waals surface area contributed by atoms with Gasteiger partial charge in [-0.2, -0.15) is 0 Å². The number of esters is 2. The van der Waals surface area contributed by atoms with Crippen LogP contribution in [0.2, 0.25) is 0 Å². The fraction of sp³-hybridized carbons (Fsp3) is 0.810. The molecule has 4 heteroatoms. The van der Waals surface area contributed by atoms with E-state index in [-0.39, 0.29) is 11.9 Å². The van der Waals surface area contributed by atoms with Crippen molar-refractivity contribution in [1.82, 2.24) is 0 Å². The third kappa shape index (κ3) is 18.9. The van der Waals surface area contributed by atoms with Crippen LogP contribution in [0.4, 0.5) is 0 Å². The Hall–Kier alpha value is -1.32. The van der Waals surface area contributed by atoms with E-state index >= 15 is 0 Å². The molecule has 0 aliphatic heterocycles. The van der Waals surface area contributed by atoms with Gasteiger partial charge in [-0.3, -0.25) is 9.59 Å². The zero-order valence-electron chi connectivity index (χ0n) is 16.4. The lowest BCUT2D eigenvalue weighted by Gasteiger charge is -2.05. The highest BCUT2D eigenvalue weighted by Crippen LogP contribution is 2.08. The molecular weight excluding hydrogens is 316 g/mol. The lowest BCUT2D eigenvalue weighted by atomic mass is 10.1. The minimum Gasteiger partial charge on any atom is -0.466 e. The van der Waals surface area contributed by atoms with Gasteiger partial charge in [0.1, 0.15) is 0 Å². The van der Waals surface area contributed by atoms with Crippen LogP contribution in [0.1, 0.15) is 97.3 Å². The van der Waals surface area contributed by atoms with Crippen molar-refractivity contribution < 1.29 is 19.1 Å². The van der Waals surface area contributed by atoms with Crippen LogP contribution in [0.15, 0.2) is 12.2 Å². The van der Waals surface area contributed by atoms with Crippen LogP contribution in [-0.2, 0) is 19.1 Å². The largest absolute Gasteiger partial charge is 0.466 e. The van der Waals surface area contributed by atoms with Crippen LogP contribution in [-0.4, -0.2) is 25.2 Å². The fourth-order valence-corrected chi connectivity index (χ4v) is 2.45. The van der Waals surface area contributed by atoms with Crippen molar-refractivity contribution in [2.45, 2.75) is 97.3 Å². The number of allylic oxidation sites excluding steroid dienone is 1. The molecule has 4 nitrogen and oxygen atoms in total. The van der Waals surface area contributed by atoms with Gasteiger partial charge in [-0.15, -0.1) is 0 Å². The number of carbonyl (C=O) groups excluding carboxylic acids is 2. The Morgan fingerprint density at radius 1 is 0.680 bits per heavy atom. The molecule has 0 aliphatic carbocycles. The summed E-state index contributed by atoms with van der Waals surface area (Å²) in [4.78, 5) is 23.1. The van der Waals surface area contributed by atoms with Gasteiger partial charge >= 0.3 is 11.9 Å². The first kappa shape index (κ1) is 23.7. The van der Waals surface area contributed by atoms with Crippen LogP contribution in [0.3, 0.4) is 0 Å². The van der Waals surface area contributed by atoms with Crippen molar-refractivity contribution in [2.75, 3.05) is 13.2 Å². The summed E-state index contributed by atoms with van der Waals surface area (Å²) in [7, 11) is 0. The molecule has 0 aromatic heterocycles. The molecule has 0 saturated carbocycles. The molecule has 0 atom stereocenters. The standard InChI is InChI=1S/C21H38O4/c1-3-5-7-9-10-11-15-19-25-21(23)17-13-12-16-20(22)24-18-14-8-6-4-2/h6,8H,3-5,7,9-19H2,1-2H3/b8-6-. The van der Waals surface area contributed by atoms with Gasteiger partial charge in [-0.1, -0.05) is 64.5 Å². The van der Waals surface area contributed by atoms with Crippen molar-refractivity contribution in [3.05, 3.63) is 12.2 Å². The van der Waals surface area contributed by atoms with Crippen molar-refractivity contribution in [1.29, 1.82) is 0 Å². The zero-order chi connectivity index (χ0) is 18.6. The number of unbranched alkanes of at least 4 members (excludes halogenated alkanes) is 7. The third-order valence-electron chi connectivity index (χ3n) is 3.97. The van der Waals surface area contributed by atoms with E-state index in [9.17, 15) is 9.59 Å². The molecule has 0 unspecified atom stereocenters. The molecule has 0 heterocycles. The molecule has 0 bridgehead atoms. The highest BCUT2D eigenvalue weighted by molar-refractivity contribution is 5.70. The van der Waals surface area contributed by atoms with Gasteiger partial charge < -0.3 is 9.47 Å². The zero-order valence-corrected chi connectivity index (χ0v) is 16.4. The lowest BCUT2D eigenvalue weighted by Crippen LogP contribution is -2.07. The number of carbonyl (C=O) groups is 2. The van der Waals surface area contributed by atoms with Gasteiger partial charge in [-0.05, 0) is 32.1 Å². The minimum atomic E-state index is -0.179. The summed E-state index contributed by atoms with van der Waals surface area (Å²) in [6.45, 7) is 5.26. The topological polar surface area (TPSA) is 52.6 Å². The maximum Gasteiger partial charge on any atom is 0.305 e. The van der Waals surface area contributed by atoms with E-state index in [2.05, 4.69) is 19.9 Å². The van der Waals surface area contributed by atoms with E-state index in [1.807, 2.05) is 6.08 Å². The molecule has 0 aromatic rings. The van der Waals surface area contributed by atoms with Gasteiger partial charge in [0.15, 0.2) is 0 Å². The van der Waals surface area contributed by atoms with Crippen molar-refractivity contribution in [3.63, 3.8) is 0 Å². The molecule has 0 aromatic carbocycles. The van der Waals surface area contributed by atoms with Gasteiger partial charge in [0.25, 0.3) is 0 Å². The first-order chi connectivity index (χ1) is 12.2. The average Bonchev–Trinajstić information content (AvgIpc) is 2.61. The lowest BCUT2D eigenvalue weighted by molar-refractivity contribution is -0.145. The summed E-state index contributed by atoms with van der Waals surface area (Å²) in [5.74, 6) is -0.328. The Morgan fingerprint density at radius 2 is 1.24 bits per heavy atom. The first-order valence-electron chi connectivity index (χ1n) is 10.2. The maximum atomic E-state index is 11.6. The molecule has 0 saturated heterocycles. The van der Waals surface area contributed by atoms with Gasteiger partial charge in [-0.25, -0.2) is 0 Å². The maximum absolute atomic E-state index is 11.6. The van der Waals surface area contributed by atoms with E-state index in [0.717, 1.165) is 25.7 Å². The summed E-state index contributed by atoms with van der Waals surface area (Å²) in [5, 5.41) is 0. The molecular formula is C21H38O4. The Labute approximate surface area is 154 Å². The number of ether oxygens (including phenoxy) is 2. The number of hydrogen-bond acceptors (Lipinski definition) is 4. The van der Waals surface area contributed by atoms with Crippen LogP contribution < -0.4 is 0 Å². The number of rotatable bonds is 17. The van der Waals surface area contributed by atoms with Crippen LogP contribution in [0.25, 0.3) is 0 Å². The second kappa shape index (κ2) is 19.0. The van der Waals surface area contributed by atoms with Gasteiger partial charge in [0, 0.05) is 12.8 Å². The second-order valence-corrected chi connectivity index (χ2v) is 6.44. The minimum absolute atomic E-state index is 0.149. The van der Waals surface area contributed by atoms with Crippen LogP contribution in [0, 0.1) is 0 Å². The summed E-state index contributed by atoms with van der Waals surface area (Å²) in [5.41, 5.74) is 0. The highest BCUT2D eigenvalue weighted by Gasteiger charge is 2.05. The van der Waals surface area contributed by atoms with Crippen molar-refractivity contribution in [2.24, 2.45) is 0 Å². The molecule has 0 N–H and O–H groups in total. The summed E-state index contributed by atoms with van der Waals surface area (Å²) in [6.07, 6.45) is 16.5. The van der Waals surface area contributed by atoms with Gasteiger partial charge in [0.05, 0.1) is 13.2 Å². The Kier molecular flexibility index (Phi) is 18.0. The molecule has 0 spiro atoms. The Balaban J connectivity index is 3.34. The monoisotopic (exact) mass is 354 g/mol. The molecule has 0 radical (unpaired) electrons. The molecule has 0 fully saturated rings. The van der Waals surface area contributed by atoms with Crippen molar-refractivity contribution >= 4 is 11.9 Å². The average molecular weight is 355 g/mol.